The van der Waals surface area contributed by atoms with Crippen molar-refractivity contribution in [2.75, 3.05) is 17.7 Å². The highest BCUT2D eigenvalue weighted by atomic mass is 16.5. The predicted octanol–water partition coefficient (Wildman–Crippen LogP) is 2.28. The maximum atomic E-state index is 5.77. The zero-order valence-corrected chi connectivity index (χ0v) is 11.4. The van der Waals surface area contributed by atoms with Gasteiger partial charge in [0.25, 0.3) is 0 Å². The fourth-order valence-corrected chi connectivity index (χ4v) is 1.74. The largest absolute Gasteiger partial charge is 0.476 e. The number of aryl methyl sites for hydroxylation is 2. The minimum Gasteiger partial charge on any atom is -0.476 e. The lowest BCUT2D eigenvalue weighted by Gasteiger charge is -2.09. The molecule has 0 fully saturated rings. The molecular weight excluding hydrogens is 244 g/mol. The first kappa shape index (κ1) is 13.2. The molecule has 2 heterocycles. The van der Waals surface area contributed by atoms with Crippen molar-refractivity contribution in [3.05, 3.63) is 29.2 Å². The summed E-state index contributed by atoms with van der Waals surface area (Å²) in [5, 5.41) is 7.12. The summed E-state index contributed by atoms with van der Waals surface area (Å²) < 4.78 is 10.5. The molecule has 0 atom stereocenters. The number of pyridine rings is 1. The first-order valence-electron chi connectivity index (χ1n) is 6.16. The van der Waals surface area contributed by atoms with Gasteiger partial charge in [-0.1, -0.05) is 5.16 Å². The fourth-order valence-electron chi connectivity index (χ4n) is 1.74. The van der Waals surface area contributed by atoms with Gasteiger partial charge in [-0.25, -0.2) is 0 Å². The number of nitrogen functional groups attached to an aromatic ring is 1. The van der Waals surface area contributed by atoms with E-state index in [-0.39, 0.29) is 0 Å². The van der Waals surface area contributed by atoms with Gasteiger partial charge in [0.1, 0.15) is 11.6 Å². The number of aromatic nitrogens is 2. The fraction of sp³-hybridized carbons (Fsp3) is 0.385. The Morgan fingerprint density at radius 2 is 2.16 bits per heavy atom. The molecule has 6 heteroatoms. The molecule has 0 aliphatic carbocycles. The molecule has 0 aromatic carbocycles. The van der Waals surface area contributed by atoms with Gasteiger partial charge in [0, 0.05) is 12.1 Å². The summed E-state index contributed by atoms with van der Waals surface area (Å²) in [7, 11) is 0. The number of rotatable bonds is 5. The quantitative estimate of drug-likeness (QED) is 0.859. The molecule has 0 saturated heterocycles. The van der Waals surface area contributed by atoms with Gasteiger partial charge in [0.05, 0.1) is 18.0 Å². The molecule has 0 aliphatic rings. The van der Waals surface area contributed by atoms with E-state index in [2.05, 4.69) is 15.5 Å². The van der Waals surface area contributed by atoms with Gasteiger partial charge in [-0.15, -0.1) is 0 Å². The van der Waals surface area contributed by atoms with Crippen molar-refractivity contribution in [1.82, 2.24) is 10.1 Å². The summed E-state index contributed by atoms with van der Waals surface area (Å²) in [5.41, 5.74) is 8.22. The Morgan fingerprint density at radius 3 is 2.79 bits per heavy atom. The molecule has 2 aromatic rings. The molecule has 0 aliphatic heterocycles. The Hall–Kier alpha value is -2.24. The number of nitrogens with two attached hydrogens (primary N) is 1. The van der Waals surface area contributed by atoms with Gasteiger partial charge in [-0.2, -0.15) is 4.98 Å². The van der Waals surface area contributed by atoms with Crippen molar-refractivity contribution in [1.29, 1.82) is 0 Å². The van der Waals surface area contributed by atoms with Crippen LogP contribution < -0.4 is 15.8 Å². The lowest BCUT2D eigenvalue weighted by Crippen LogP contribution is -2.05. The zero-order valence-electron chi connectivity index (χ0n) is 11.4. The molecular formula is C13H18N4O2. The third-order valence-corrected chi connectivity index (χ3v) is 2.80. The summed E-state index contributed by atoms with van der Waals surface area (Å²) in [5.74, 6) is 1.97. The van der Waals surface area contributed by atoms with Crippen LogP contribution in [-0.4, -0.2) is 16.7 Å². The summed E-state index contributed by atoms with van der Waals surface area (Å²) in [6.45, 7) is 6.83. The number of hydrogen-bond acceptors (Lipinski definition) is 6. The third-order valence-electron chi connectivity index (χ3n) is 2.80. The monoisotopic (exact) mass is 262 g/mol. The normalized spacial score (nSPS) is 10.5. The Balaban J connectivity index is 2.09. The van der Waals surface area contributed by atoms with E-state index in [4.69, 9.17) is 15.0 Å². The number of hydrogen-bond donors (Lipinski definition) is 2. The van der Waals surface area contributed by atoms with Gasteiger partial charge >= 0.3 is 0 Å². The predicted molar refractivity (Wildman–Crippen MR) is 73.1 cm³/mol. The minimum absolute atomic E-state index is 0.450. The van der Waals surface area contributed by atoms with Crippen LogP contribution in [-0.2, 0) is 6.54 Å². The first-order chi connectivity index (χ1) is 9.11. The van der Waals surface area contributed by atoms with Crippen molar-refractivity contribution < 1.29 is 9.26 Å². The van der Waals surface area contributed by atoms with E-state index < -0.39 is 0 Å². The Labute approximate surface area is 112 Å². The van der Waals surface area contributed by atoms with E-state index in [9.17, 15) is 0 Å². The molecule has 6 nitrogen and oxygen atoms in total. The smallest absolute Gasteiger partial charge is 0.239 e. The standard InChI is InChI=1S/C13H18N4O2/c1-4-18-13-11(14)5-6-12(16-13)15-7-10-8(2)17-19-9(10)3/h5-6H,4,7,14H2,1-3H3,(H,15,16). The van der Waals surface area contributed by atoms with E-state index >= 15 is 0 Å². The van der Waals surface area contributed by atoms with Crippen LogP contribution in [0.25, 0.3) is 0 Å². The SMILES string of the molecule is CCOc1nc(NCc2c(C)noc2C)ccc1N. The highest BCUT2D eigenvalue weighted by molar-refractivity contribution is 5.53. The van der Waals surface area contributed by atoms with Crippen LogP contribution in [0.15, 0.2) is 16.7 Å². The van der Waals surface area contributed by atoms with Gasteiger partial charge < -0.3 is 20.3 Å². The highest BCUT2D eigenvalue weighted by Crippen LogP contribution is 2.21. The van der Waals surface area contributed by atoms with Crippen LogP contribution in [0.1, 0.15) is 23.9 Å². The van der Waals surface area contributed by atoms with Gasteiger partial charge in [0.15, 0.2) is 0 Å². The first-order valence-corrected chi connectivity index (χ1v) is 6.16. The summed E-state index contributed by atoms with van der Waals surface area (Å²) >= 11 is 0. The number of anilines is 2. The number of nitrogens with zero attached hydrogens (tertiary/aromatic N) is 2. The molecule has 0 amide bonds. The van der Waals surface area contributed by atoms with E-state index in [1.165, 1.54) is 0 Å². The average Bonchev–Trinajstić information content (AvgIpc) is 2.70. The van der Waals surface area contributed by atoms with E-state index in [1.807, 2.05) is 26.8 Å². The van der Waals surface area contributed by atoms with E-state index in [0.29, 0.717) is 30.5 Å². The van der Waals surface area contributed by atoms with Crippen LogP contribution >= 0.6 is 0 Å². The molecule has 3 N–H and O–H groups in total. The topological polar surface area (TPSA) is 86.2 Å². The van der Waals surface area contributed by atoms with Crippen molar-refractivity contribution in [2.24, 2.45) is 0 Å². The van der Waals surface area contributed by atoms with Crippen LogP contribution in [0.2, 0.25) is 0 Å². The van der Waals surface area contributed by atoms with Crippen LogP contribution in [0.5, 0.6) is 5.88 Å². The van der Waals surface area contributed by atoms with Crippen LogP contribution in [0.3, 0.4) is 0 Å². The van der Waals surface area contributed by atoms with Crippen molar-refractivity contribution in [2.45, 2.75) is 27.3 Å². The molecule has 2 aromatic heterocycles. The summed E-state index contributed by atoms with van der Waals surface area (Å²) in [6.07, 6.45) is 0. The molecule has 0 saturated carbocycles. The Bertz CT molecular complexity index is 546. The second kappa shape index (κ2) is 5.60. The van der Waals surface area contributed by atoms with Gasteiger partial charge in [0.2, 0.25) is 5.88 Å². The van der Waals surface area contributed by atoms with Crippen molar-refractivity contribution >= 4 is 11.5 Å². The van der Waals surface area contributed by atoms with Crippen molar-refractivity contribution in [3.63, 3.8) is 0 Å². The minimum atomic E-state index is 0.450. The third kappa shape index (κ3) is 2.96. The molecule has 0 unspecified atom stereocenters. The van der Waals surface area contributed by atoms with E-state index in [1.54, 1.807) is 6.07 Å². The lowest BCUT2D eigenvalue weighted by molar-refractivity contribution is 0.329. The van der Waals surface area contributed by atoms with Crippen molar-refractivity contribution in [3.8, 4) is 5.88 Å². The zero-order chi connectivity index (χ0) is 13.8. The van der Waals surface area contributed by atoms with E-state index in [0.717, 1.165) is 17.0 Å². The number of nitrogens with one attached hydrogen (secondary N) is 1. The lowest BCUT2D eigenvalue weighted by atomic mass is 10.2. The molecule has 2 rings (SSSR count). The second-order valence-electron chi connectivity index (χ2n) is 4.18. The average molecular weight is 262 g/mol. The molecule has 0 spiro atoms. The Kier molecular flexibility index (Phi) is 3.89. The second-order valence-corrected chi connectivity index (χ2v) is 4.18. The summed E-state index contributed by atoms with van der Waals surface area (Å²) in [4.78, 5) is 4.31. The number of ether oxygens (including phenoxy) is 1. The van der Waals surface area contributed by atoms with Gasteiger partial charge in [-0.05, 0) is 32.9 Å². The maximum absolute atomic E-state index is 5.77. The molecule has 102 valence electrons. The molecule has 0 radical (unpaired) electrons. The molecule has 19 heavy (non-hydrogen) atoms. The summed E-state index contributed by atoms with van der Waals surface area (Å²) in [6, 6.07) is 3.59. The van der Waals surface area contributed by atoms with Crippen LogP contribution in [0.4, 0.5) is 11.5 Å². The van der Waals surface area contributed by atoms with Crippen LogP contribution in [0, 0.1) is 13.8 Å². The molecule has 0 bridgehead atoms. The highest BCUT2D eigenvalue weighted by Gasteiger charge is 2.09. The van der Waals surface area contributed by atoms with Gasteiger partial charge in [-0.3, -0.25) is 0 Å². The Morgan fingerprint density at radius 1 is 1.37 bits per heavy atom. The maximum Gasteiger partial charge on any atom is 0.239 e.